The molecule has 0 fully saturated rings. The first kappa shape index (κ1) is 19.9. The minimum atomic E-state index is -3.73. The predicted molar refractivity (Wildman–Crippen MR) is 105 cm³/mol. The van der Waals surface area contributed by atoms with Crippen molar-refractivity contribution in [3.63, 3.8) is 0 Å². The van der Waals surface area contributed by atoms with Gasteiger partial charge in [0.2, 0.25) is 5.91 Å². The zero-order valence-electron chi connectivity index (χ0n) is 15.5. The van der Waals surface area contributed by atoms with Crippen LogP contribution in [0, 0.1) is 0 Å². The number of carbonyl (C=O) groups excluding carboxylic acids is 2. The largest absolute Gasteiger partial charge is 0.482 e. The lowest BCUT2D eigenvalue weighted by Crippen LogP contribution is -2.31. The minimum Gasteiger partial charge on any atom is -0.482 e. The molecule has 2 aromatic rings. The fraction of sp³-hybridized carbons (Fsp3) is 0.300. The van der Waals surface area contributed by atoms with Gasteiger partial charge >= 0.3 is 0 Å². The predicted octanol–water partition coefficient (Wildman–Crippen LogP) is 1.93. The van der Waals surface area contributed by atoms with Gasteiger partial charge in [0.15, 0.2) is 16.4 Å². The second kappa shape index (κ2) is 8.43. The molecule has 2 aromatic carbocycles. The maximum absolute atomic E-state index is 12.8. The topological polar surface area (TPSA) is 102 Å². The zero-order chi connectivity index (χ0) is 20.1. The molecular weight excluding hydrogens is 380 g/mol. The van der Waals surface area contributed by atoms with E-state index in [1.54, 1.807) is 0 Å². The highest BCUT2D eigenvalue weighted by Gasteiger charge is 2.27. The van der Waals surface area contributed by atoms with E-state index in [1.807, 2.05) is 30.3 Å². The highest BCUT2D eigenvalue weighted by atomic mass is 32.2. The Balaban J connectivity index is 1.59. The maximum atomic E-state index is 12.8. The third kappa shape index (κ3) is 4.69. The van der Waals surface area contributed by atoms with Crippen molar-refractivity contribution in [2.45, 2.75) is 29.9 Å². The number of anilines is 1. The summed E-state index contributed by atoms with van der Waals surface area (Å²) in [5.41, 5.74) is 1.42. The summed E-state index contributed by atoms with van der Waals surface area (Å²) in [6, 6.07) is 14.0. The third-order valence-electron chi connectivity index (χ3n) is 4.49. The monoisotopic (exact) mass is 402 g/mol. The molecule has 2 amide bonds. The van der Waals surface area contributed by atoms with Crippen molar-refractivity contribution in [2.75, 3.05) is 18.5 Å². The fourth-order valence-electron chi connectivity index (χ4n) is 2.91. The Bertz CT molecular complexity index is 973. The summed E-state index contributed by atoms with van der Waals surface area (Å²) in [5.74, 6) is -0.237. The highest BCUT2D eigenvalue weighted by molar-refractivity contribution is 7.92. The van der Waals surface area contributed by atoms with E-state index in [0.29, 0.717) is 24.4 Å². The van der Waals surface area contributed by atoms with Crippen LogP contribution in [0.5, 0.6) is 5.75 Å². The number of amides is 2. The van der Waals surface area contributed by atoms with Crippen molar-refractivity contribution in [3.8, 4) is 5.75 Å². The molecule has 148 valence electrons. The highest BCUT2D eigenvalue weighted by Crippen LogP contribution is 2.31. The van der Waals surface area contributed by atoms with Crippen LogP contribution in [-0.4, -0.2) is 38.6 Å². The van der Waals surface area contributed by atoms with E-state index < -0.39 is 15.1 Å². The van der Waals surface area contributed by atoms with Crippen LogP contribution in [0.15, 0.2) is 53.4 Å². The summed E-state index contributed by atoms with van der Waals surface area (Å²) in [6.07, 6.45) is 0.537. The lowest BCUT2D eigenvalue weighted by atomic mass is 10.1. The number of rotatable bonds is 7. The van der Waals surface area contributed by atoms with Crippen molar-refractivity contribution in [1.29, 1.82) is 0 Å². The summed E-state index contributed by atoms with van der Waals surface area (Å²) in [5, 5.41) is 4.45. The van der Waals surface area contributed by atoms with Gasteiger partial charge in [0, 0.05) is 13.0 Å². The molecule has 0 saturated carbocycles. The Morgan fingerprint density at radius 2 is 1.96 bits per heavy atom. The lowest BCUT2D eigenvalue weighted by Gasteiger charge is -2.19. The first-order valence-electron chi connectivity index (χ1n) is 8.97. The Hall–Kier alpha value is -2.87. The molecule has 7 nitrogen and oxygen atoms in total. The molecule has 2 N–H and O–H groups in total. The van der Waals surface area contributed by atoms with Crippen LogP contribution in [0.3, 0.4) is 0 Å². The Morgan fingerprint density at radius 3 is 2.71 bits per heavy atom. The van der Waals surface area contributed by atoms with E-state index in [9.17, 15) is 18.0 Å². The SMILES string of the molecule is CC(CC(=O)NCCc1ccccc1)S(=O)(=O)c1ccc2c(c1)NC(=O)CO2. The fourth-order valence-corrected chi connectivity index (χ4v) is 4.28. The molecule has 0 radical (unpaired) electrons. The van der Waals surface area contributed by atoms with E-state index in [2.05, 4.69) is 10.6 Å². The van der Waals surface area contributed by atoms with Crippen molar-refractivity contribution in [1.82, 2.24) is 5.32 Å². The molecule has 0 aromatic heterocycles. The summed E-state index contributed by atoms with van der Waals surface area (Å²) in [4.78, 5) is 23.6. The van der Waals surface area contributed by atoms with E-state index in [-0.39, 0.29) is 29.7 Å². The van der Waals surface area contributed by atoms with Crippen molar-refractivity contribution in [2.24, 2.45) is 0 Å². The first-order chi connectivity index (χ1) is 13.4. The molecule has 1 aliphatic heterocycles. The molecule has 0 saturated heterocycles. The molecular formula is C20H22N2O5S. The van der Waals surface area contributed by atoms with Crippen LogP contribution in [-0.2, 0) is 25.8 Å². The summed E-state index contributed by atoms with van der Waals surface area (Å²) < 4.78 is 30.8. The van der Waals surface area contributed by atoms with Crippen LogP contribution in [0.1, 0.15) is 18.9 Å². The van der Waals surface area contributed by atoms with Gasteiger partial charge in [0.25, 0.3) is 5.91 Å². The van der Waals surface area contributed by atoms with E-state index >= 15 is 0 Å². The van der Waals surface area contributed by atoms with Crippen molar-refractivity contribution < 1.29 is 22.7 Å². The smallest absolute Gasteiger partial charge is 0.262 e. The molecule has 0 aliphatic carbocycles. The van der Waals surface area contributed by atoms with Gasteiger partial charge in [-0.1, -0.05) is 30.3 Å². The van der Waals surface area contributed by atoms with Gasteiger partial charge < -0.3 is 15.4 Å². The summed E-state index contributed by atoms with van der Waals surface area (Å²) in [6.45, 7) is 1.84. The zero-order valence-corrected chi connectivity index (χ0v) is 16.3. The third-order valence-corrected chi connectivity index (χ3v) is 6.63. The number of nitrogens with one attached hydrogen (secondary N) is 2. The van der Waals surface area contributed by atoms with Crippen molar-refractivity contribution >= 4 is 27.3 Å². The Kier molecular flexibility index (Phi) is 5.99. The standard InChI is InChI=1S/C20H22N2O5S/c1-14(11-19(23)21-10-9-15-5-3-2-4-6-15)28(25,26)16-7-8-18-17(12-16)22-20(24)13-27-18/h2-8,12,14H,9-11,13H2,1H3,(H,21,23)(H,22,24). The second-order valence-corrected chi connectivity index (χ2v) is 9.01. The van der Waals surface area contributed by atoms with Gasteiger partial charge in [-0.25, -0.2) is 8.42 Å². The minimum absolute atomic E-state index is 0.0432. The Labute approximate surface area is 164 Å². The molecule has 1 heterocycles. The number of hydrogen-bond donors (Lipinski definition) is 2. The number of benzene rings is 2. The molecule has 28 heavy (non-hydrogen) atoms. The molecule has 3 rings (SSSR count). The maximum Gasteiger partial charge on any atom is 0.262 e. The quantitative estimate of drug-likeness (QED) is 0.737. The van der Waals surface area contributed by atoms with Gasteiger partial charge in [-0.05, 0) is 37.1 Å². The second-order valence-electron chi connectivity index (χ2n) is 6.64. The van der Waals surface area contributed by atoms with Gasteiger partial charge in [-0.3, -0.25) is 9.59 Å². The van der Waals surface area contributed by atoms with Crippen LogP contribution in [0.2, 0.25) is 0 Å². The molecule has 1 unspecified atom stereocenters. The van der Waals surface area contributed by atoms with Crippen molar-refractivity contribution in [3.05, 3.63) is 54.1 Å². The van der Waals surface area contributed by atoms with E-state index in [1.165, 1.54) is 25.1 Å². The van der Waals surface area contributed by atoms with Crippen LogP contribution >= 0.6 is 0 Å². The Morgan fingerprint density at radius 1 is 1.21 bits per heavy atom. The average Bonchev–Trinajstić information content (AvgIpc) is 2.68. The molecule has 0 bridgehead atoms. The number of hydrogen-bond acceptors (Lipinski definition) is 5. The number of fused-ring (bicyclic) bond motifs is 1. The van der Waals surface area contributed by atoms with Gasteiger partial charge in [-0.2, -0.15) is 0 Å². The van der Waals surface area contributed by atoms with E-state index in [4.69, 9.17) is 4.74 Å². The van der Waals surface area contributed by atoms with Crippen LogP contribution in [0.4, 0.5) is 5.69 Å². The molecule has 1 aliphatic rings. The van der Waals surface area contributed by atoms with Gasteiger partial charge in [0.1, 0.15) is 5.75 Å². The normalized spacial score (nSPS) is 14.4. The number of carbonyl (C=O) groups is 2. The van der Waals surface area contributed by atoms with Gasteiger partial charge in [0.05, 0.1) is 15.8 Å². The number of sulfone groups is 1. The van der Waals surface area contributed by atoms with Crippen LogP contribution in [0.25, 0.3) is 0 Å². The summed E-state index contributed by atoms with van der Waals surface area (Å²) >= 11 is 0. The van der Waals surface area contributed by atoms with Crippen LogP contribution < -0.4 is 15.4 Å². The molecule has 8 heteroatoms. The lowest BCUT2D eigenvalue weighted by molar-refractivity contribution is -0.121. The molecule has 1 atom stereocenters. The number of ether oxygens (including phenoxy) is 1. The first-order valence-corrected chi connectivity index (χ1v) is 10.5. The average molecular weight is 402 g/mol. The summed E-state index contributed by atoms with van der Waals surface area (Å²) in [7, 11) is -3.73. The van der Waals surface area contributed by atoms with Gasteiger partial charge in [-0.15, -0.1) is 0 Å². The van der Waals surface area contributed by atoms with E-state index in [0.717, 1.165) is 5.56 Å². The molecule has 0 spiro atoms.